The van der Waals surface area contributed by atoms with Crippen LogP contribution in [0, 0.1) is 0 Å². The monoisotopic (exact) mass is 348 g/mol. The molecule has 1 heterocycles. The highest BCUT2D eigenvalue weighted by atomic mass is 16.6. The number of ether oxygens (including phenoxy) is 1. The Balaban J connectivity index is 1.93. The van der Waals surface area contributed by atoms with E-state index in [2.05, 4.69) is 14.1 Å². The van der Waals surface area contributed by atoms with Crippen molar-refractivity contribution in [3.8, 4) is 0 Å². The molecule has 2 amide bonds. The molecule has 0 aromatic heterocycles. The molecule has 1 fully saturated rings. The summed E-state index contributed by atoms with van der Waals surface area (Å²) in [6.07, 6.45) is 1.16. The van der Waals surface area contributed by atoms with E-state index in [4.69, 9.17) is 4.74 Å². The van der Waals surface area contributed by atoms with Crippen molar-refractivity contribution in [2.24, 2.45) is 0 Å². The van der Waals surface area contributed by atoms with Gasteiger partial charge < -0.3 is 14.5 Å². The molecule has 6 heteroatoms. The van der Waals surface area contributed by atoms with Crippen molar-refractivity contribution in [3.05, 3.63) is 35.9 Å². The number of carbonyl (C=O) groups excluding carboxylic acids is 2. The molecule has 1 aliphatic heterocycles. The third-order valence-electron chi connectivity index (χ3n) is 4.55. The highest BCUT2D eigenvalue weighted by Gasteiger charge is 2.37. The first-order valence-corrected chi connectivity index (χ1v) is 9.08. The Morgan fingerprint density at radius 2 is 2.00 bits per heavy atom. The minimum atomic E-state index is -0.394. The molecule has 2 rings (SSSR count). The molecule has 1 unspecified atom stereocenters. The van der Waals surface area contributed by atoms with E-state index < -0.39 is 6.09 Å². The van der Waals surface area contributed by atoms with E-state index in [0.29, 0.717) is 26.1 Å². The van der Waals surface area contributed by atoms with Gasteiger partial charge in [0, 0.05) is 13.1 Å². The lowest BCUT2D eigenvalue weighted by atomic mass is 10.2. The predicted octanol–water partition coefficient (Wildman–Crippen LogP) is 0.781. The summed E-state index contributed by atoms with van der Waals surface area (Å²) in [6, 6.07) is 9.20. The third-order valence-corrected chi connectivity index (χ3v) is 4.55. The van der Waals surface area contributed by atoms with Gasteiger partial charge in [-0.25, -0.2) is 4.79 Å². The number of likely N-dealkylation sites (N-methyl/N-ethyl adjacent to an activating group) is 2. The number of nitrogens with one attached hydrogen (secondary N) is 1. The van der Waals surface area contributed by atoms with E-state index in [1.165, 1.54) is 4.90 Å². The van der Waals surface area contributed by atoms with Gasteiger partial charge in [0.1, 0.15) is 12.6 Å². The van der Waals surface area contributed by atoms with Crippen molar-refractivity contribution in [1.82, 2.24) is 9.80 Å². The number of carbonyl (C=O) groups is 2. The molecule has 1 N–H and O–H groups in total. The van der Waals surface area contributed by atoms with Crippen LogP contribution in [-0.4, -0.2) is 68.1 Å². The molecular weight excluding hydrogens is 318 g/mol. The Bertz CT molecular complexity index is 562. The number of quaternary nitrogens is 1. The molecule has 1 saturated heterocycles. The molecule has 0 saturated carbocycles. The van der Waals surface area contributed by atoms with Crippen molar-refractivity contribution in [1.29, 1.82) is 0 Å². The van der Waals surface area contributed by atoms with Gasteiger partial charge in [-0.2, -0.15) is 0 Å². The van der Waals surface area contributed by atoms with Crippen LogP contribution in [0.2, 0.25) is 0 Å². The topological polar surface area (TPSA) is 54.3 Å². The summed E-state index contributed by atoms with van der Waals surface area (Å²) in [5, 5.41) is 0. The molecule has 0 radical (unpaired) electrons. The largest absolute Gasteiger partial charge is 0.445 e. The van der Waals surface area contributed by atoms with E-state index in [-0.39, 0.29) is 18.6 Å². The Hall–Kier alpha value is -2.08. The molecule has 0 aliphatic carbocycles. The van der Waals surface area contributed by atoms with Gasteiger partial charge in [0.15, 0.2) is 0 Å². The lowest BCUT2D eigenvalue weighted by Crippen LogP contribution is -3.06. The lowest BCUT2D eigenvalue weighted by Gasteiger charge is -2.29. The minimum Gasteiger partial charge on any atom is -0.445 e. The molecule has 1 atom stereocenters. The maximum atomic E-state index is 12.8. The van der Waals surface area contributed by atoms with Gasteiger partial charge >= 0.3 is 6.09 Å². The van der Waals surface area contributed by atoms with E-state index >= 15 is 0 Å². The first kappa shape index (κ1) is 19.2. The summed E-state index contributed by atoms with van der Waals surface area (Å²) in [6.45, 7) is 5.07. The zero-order chi connectivity index (χ0) is 18.2. The number of hydrogen-bond acceptors (Lipinski definition) is 3. The van der Waals surface area contributed by atoms with Crippen LogP contribution in [0.4, 0.5) is 4.79 Å². The number of benzene rings is 1. The average Bonchev–Trinajstić information content (AvgIpc) is 3.10. The normalized spacial score (nSPS) is 17.0. The predicted molar refractivity (Wildman–Crippen MR) is 96.3 cm³/mol. The number of amides is 2. The quantitative estimate of drug-likeness (QED) is 0.792. The standard InChI is InChI=1S/C19H29N3O3/c1-4-21(14-13-20(2)3)18(23)17-11-8-12-22(17)19(24)25-15-16-9-6-5-7-10-16/h5-7,9-10,17H,4,8,11-15H2,1-3H3/p+1. The molecule has 1 aromatic carbocycles. The molecule has 25 heavy (non-hydrogen) atoms. The fourth-order valence-electron chi connectivity index (χ4n) is 3.04. The lowest BCUT2D eigenvalue weighted by molar-refractivity contribution is -0.857. The first-order valence-electron chi connectivity index (χ1n) is 9.08. The zero-order valence-electron chi connectivity index (χ0n) is 15.5. The smallest absolute Gasteiger partial charge is 0.410 e. The molecule has 0 bridgehead atoms. The summed E-state index contributed by atoms with van der Waals surface area (Å²) in [7, 11) is 4.14. The van der Waals surface area contributed by atoms with E-state index in [1.807, 2.05) is 42.2 Å². The average molecular weight is 348 g/mol. The fourth-order valence-corrected chi connectivity index (χ4v) is 3.04. The van der Waals surface area contributed by atoms with Crippen LogP contribution in [0.1, 0.15) is 25.3 Å². The fraction of sp³-hybridized carbons (Fsp3) is 0.579. The van der Waals surface area contributed by atoms with E-state index in [9.17, 15) is 9.59 Å². The summed E-state index contributed by atoms with van der Waals surface area (Å²) >= 11 is 0. The van der Waals surface area contributed by atoms with E-state index in [1.54, 1.807) is 4.90 Å². The highest BCUT2D eigenvalue weighted by molar-refractivity contribution is 5.86. The van der Waals surface area contributed by atoms with Gasteiger partial charge in [0.2, 0.25) is 5.91 Å². The van der Waals surface area contributed by atoms with Gasteiger partial charge in [-0.05, 0) is 25.3 Å². The van der Waals surface area contributed by atoms with Crippen molar-refractivity contribution >= 4 is 12.0 Å². The van der Waals surface area contributed by atoms with Gasteiger partial charge in [0.25, 0.3) is 0 Å². The summed E-state index contributed by atoms with van der Waals surface area (Å²) in [5.41, 5.74) is 0.946. The Morgan fingerprint density at radius 3 is 2.64 bits per heavy atom. The van der Waals surface area contributed by atoms with Crippen molar-refractivity contribution in [2.45, 2.75) is 32.4 Å². The van der Waals surface area contributed by atoms with Crippen LogP contribution in [0.15, 0.2) is 30.3 Å². The van der Waals surface area contributed by atoms with Gasteiger partial charge in [-0.15, -0.1) is 0 Å². The SMILES string of the molecule is CCN(CC[NH+](C)C)C(=O)C1CCCN1C(=O)OCc1ccccc1. The molecule has 6 nitrogen and oxygen atoms in total. The van der Waals surface area contributed by atoms with Crippen LogP contribution in [0.3, 0.4) is 0 Å². The molecule has 1 aliphatic rings. The number of likely N-dealkylation sites (tertiary alicyclic amines) is 1. The first-order chi connectivity index (χ1) is 12.0. The van der Waals surface area contributed by atoms with Crippen LogP contribution in [-0.2, 0) is 16.1 Å². The molecule has 0 spiro atoms. The number of nitrogens with zero attached hydrogens (tertiary/aromatic N) is 2. The van der Waals surface area contributed by atoms with Crippen molar-refractivity contribution in [3.63, 3.8) is 0 Å². The summed E-state index contributed by atoms with van der Waals surface area (Å²) in [5.74, 6) is 0.0397. The Labute approximate surface area is 150 Å². The molecule has 138 valence electrons. The van der Waals surface area contributed by atoms with Crippen LogP contribution in [0.5, 0.6) is 0 Å². The molecule has 1 aromatic rings. The number of hydrogen-bond donors (Lipinski definition) is 1. The van der Waals surface area contributed by atoms with Crippen molar-refractivity contribution < 1.29 is 19.2 Å². The van der Waals surface area contributed by atoms with Gasteiger partial charge in [0.05, 0.1) is 27.2 Å². The van der Waals surface area contributed by atoms with Crippen LogP contribution >= 0.6 is 0 Å². The highest BCUT2D eigenvalue weighted by Crippen LogP contribution is 2.21. The summed E-state index contributed by atoms with van der Waals surface area (Å²) < 4.78 is 5.42. The second-order valence-corrected chi connectivity index (χ2v) is 6.77. The van der Waals surface area contributed by atoms with Crippen LogP contribution in [0.25, 0.3) is 0 Å². The van der Waals surface area contributed by atoms with Crippen molar-refractivity contribution in [2.75, 3.05) is 40.3 Å². The number of rotatable bonds is 7. The second-order valence-electron chi connectivity index (χ2n) is 6.77. The van der Waals surface area contributed by atoms with E-state index in [0.717, 1.165) is 18.5 Å². The molecular formula is C19H30N3O3+. The third kappa shape index (κ3) is 5.46. The van der Waals surface area contributed by atoms with Gasteiger partial charge in [-0.3, -0.25) is 9.69 Å². The second kappa shape index (κ2) is 9.42. The summed E-state index contributed by atoms with van der Waals surface area (Å²) in [4.78, 5) is 30.0. The van der Waals surface area contributed by atoms with Gasteiger partial charge in [-0.1, -0.05) is 30.3 Å². The van der Waals surface area contributed by atoms with Crippen LogP contribution < -0.4 is 4.90 Å². The minimum absolute atomic E-state index is 0.0397. The maximum Gasteiger partial charge on any atom is 0.410 e. The Morgan fingerprint density at radius 1 is 1.28 bits per heavy atom. The zero-order valence-corrected chi connectivity index (χ0v) is 15.5. The maximum absolute atomic E-state index is 12.8. The Kier molecular flexibility index (Phi) is 7.25.